The summed E-state index contributed by atoms with van der Waals surface area (Å²) in [7, 11) is 0. The van der Waals surface area contributed by atoms with Gasteiger partial charge in [0.15, 0.2) is 0 Å². The highest BCUT2D eigenvalue weighted by Gasteiger charge is 2.39. The van der Waals surface area contributed by atoms with Crippen LogP contribution in [0.25, 0.3) is 0 Å². The van der Waals surface area contributed by atoms with Crippen molar-refractivity contribution in [1.29, 1.82) is 0 Å². The molecule has 1 rings (SSSR count). The fourth-order valence-corrected chi connectivity index (χ4v) is 3.10. The molecule has 0 aromatic rings. The van der Waals surface area contributed by atoms with Crippen molar-refractivity contribution in [3.8, 4) is 0 Å². The van der Waals surface area contributed by atoms with Gasteiger partial charge in [0, 0.05) is 24.7 Å². The summed E-state index contributed by atoms with van der Waals surface area (Å²) in [6.07, 6.45) is 17.2. The Bertz CT molecular complexity index is 573. The standard InChI is InChI=1S/C22H32O5/c1-2-3-8-11-17(23)14-15-19-18(20(24)16-21(19)25)12-9-6-4-5-7-10-13-22(26)27/h3,5-9,14-15,17-19,21,23,25H,2,4,10-13,16H2,1H3,(H,26,27)/b7-5-,8-3-,9-6-,15-14+/t17-,18-,19-,21+/m1/s1. The molecule has 0 saturated heterocycles. The molecule has 5 heteroatoms. The Kier molecular flexibility index (Phi) is 11.3. The summed E-state index contributed by atoms with van der Waals surface area (Å²) in [5.41, 5.74) is 0. The molecule has 1 fully saturated rings. The van der Waals surface area contributed by atoms with Gasteiger partial charge in [-0.05, 0) is 32.1 Å². The molecule has 0 amide bonds. The average Bonchev–Trinajstić information content (AvgIpc) is 2.88. The number of allylic oxidation sites excluding steroid dienone is 5. The van der Waals surface area contributed by atoms with Gasteiger partial charge < -0.3 is 15.3 Å². The van der Waals surface area contributed by atoms with Crippen molar-refractivity contribution >= 4 is 11.8 Å². The van der Waals surface area contributed by atoms with Crippen molar-refractivity contribution in [2.24, 2.45) is 11.8 Å². The fraction of sp³-hybridized carbons (Fsp3) is 0.545. The molecular weight excluding hydrogens is 344 g/mol. The van der Waals surface area contributed by atoms with Crippen LogP contribution in [0.3, 0.4) is 0 Å². The molecular formula is C22H32O5. The lowest BCUT2D eigenvalue weighted by atomic mass is 9.90. The molecule has 0 spiro atoms. The second kappa shape index (κ2) is 13.2. The Morgan fingerprint density at radius 2 is 1.93 bits per heavy atom. The number of Topliss-reactive ketones (excluding diaryl/α,β-unsaturated/α-hetero) is 1. The van der Waals surface area contributed by atoms with Crippen molar-refractivity contribution in [1.82, 2.24) is 0 Å². The molecule has 1 aliphatic rings. The first-order valence-corrected chi connectivity index (χ1v) is 9.69. The van der Waals surface area contributed by atoms with E-state index in [4.69, 9.17) is 5.11 Å². The predicted molar refractivity (Wildman–Crippen MR) is 106 cm³/mol. The number of ketones is 1. The second-order valence-electron chi connectivity index (χ2n) is 6.84. The summed E-state index contributed by atoms with van der Waals surface area (Å²) < 4.78 is 0. The summed E-state index contributed by atoms with van der Waals surface area (Å²) in [6.45, 7) is 2.03. The lowest BCUT2D eigenvalue weighted by Crippen LogP contribution is -2.18. The lowest BCUT2D eigenvalue weighted by molar-refractivity contribution is -0.136. The summed E-state index contributed by atoms with van der Waals surface area (Å²) >= 11 is 0. The zero-order valence-corrected chi connectivity index (χ0v) is 16.0. The number of carboxylic acid groups (broad SMARTS) is 1. The molecule has 0 unspecified atom stereocenters. The zero-order chi connectivity index (χ0) is 20.1. The quantitative estimate of drug-likeness (QED) is 0.453. The van der Waals surface area contributed by atoms with E-state index in [1.807, 2.05) is 43.4 Å². The van der Waals surface area contributed by atoms with Crippen LogP contribution in [0.1, 0.15) is 51.9 Å². The maximum atomic E-state index is 12.1. The highest BCUT2D eigenvalue weighted by atomic mass is 16.4. The molecule has 150 valence electrons. The number of carbonyl (C=O) groups excluding carboxylic acids is 1. The van der Waals surface area contributed by atoms with Crippen LogP contribution in [0.4, 0.5) is 0 Å². The third-order valence-corrected chi connectivity index (χ3v) is 4.59. The van der Waals surface area contributed by atoms with Gasteiger partial charge in [-0.2, -0.15) is 0 Å². The largest absolute Gasteiger partial charge is 0.481 e. The molecule has 1 aliphatic carbocycles. The Morgan fingerprint density at radius 1 is 1.19 bits per heavy atom. The molecule has 1 saturated carbocycles. The van der Waals surface area contributed by atoms with Gasteiger partial charge in [-0.25, -0.2) is 0 Å². The van der Waals surface area contributed by atoms with Gasteiger partial charge in [0.2, 0.25) is 0 Å². The SMILES string of the molecule is CC/C=C\C[C@@H](O)/C=C/[C@H]1[C@@H](O)CC(=O)[C@@H]1C/C=C\C/C=C\CCC(=O)O. The van der Waals surface area contributed by atoms with Crippen LogP contribution < -0.4 is 0 Å². The Labute approximate surface area is 161 Å². The van der Waals surface area contributed by atoms with Gasteiger partial charge in [0.25, 0.3) is 0 Å². The van der Waals surface area contributed by atoms with Crippen molar-refractivity contribution < 1.29 is 24.9 Å². The summed E-state index contributed by atoms with van der Waals surface area (Å²) in [6, 6.07) is 0. The number of carboxylic acids is 1. The minimum atomic E-state index is -0.806. The van der Waals surface area contributed by atoms with Crippen LogP contribution in [0.2, 0.25) is 0 Å². The fourth-order valence-electron chi connectivity index (χ4n) is 3.10. The van der Waals surface area contributed by atoms with Crippen LogP contribution >= 0.6 is 0 Å². The topological polar surface area (TPSA) is 94.8 Å². The molecule has 27 heavy (non-hydrogen) atoms. The number of hydrogen-bond acceptors (Lipinski definition) is 4. The van der Waals surface area contributed by atoms with Gasteiger partial charge in [-0.15, -0.1) is 0 Å². The molecule has 4 atom stereocenters. The van der Waals surface area contributed by atoms with Gasteiger partial charge in [-0.1, -0.05) is 55.5 Å². The minimum Gasteiger partial charge on any atom is -0.481 e. The van der Waals surface area contributed by atoms with E-state index in [2.05, 4.69) is 0 Å². The van der Waals surface area contributed by atoms with E-state index >= 15 is 0 Å². The highest BCUT2D eigenvalue weighted by Crippen LogP contribution is 2.33. The zero-order valence-electron chi connectivity index (χ0n) is 16.0. The van der Waals surface area contributed by atoms with Gasteiger partial charge in [-0.3, -0.25) is 9.59 Å². The second-order valence-corrected chi connectivity index (χ2v) is 6.84. The maximum Gasteiger partial charge on any atom is 0.303 e. The molecule has 0 bridgehead atoms. The van der Waals surface area contributed by atoms with E-state index in [-0.39, 0.29) is 30.5 Å². The summed E-state index contributed by atoms with van der Waals surface area (Å²) in [4.78, 5) is 22.6. The number of hydrogen-bond donors (Lipinski definition) is 3. The molecule has 5 nitrogen and oxygen atoms in total. The van der Waals surface area contributed by atoms with E-state index < -0.39 is 18.2 Å². The smallest absolute Gasteiger partial charge is 0.303 e. The van der Waals surface area contributed by atoms with Crippen LogP contribution in [-0.4, -0.2) is 39.3 Å². The number of carbonyl (C=O) groups is 2. The molecule has 0 aromatic heterocycles. The third-order valence-electron chi connectivity index (χ3n) is 4.59. The number of aliphatic hydroxyl groups is 2. The van der Waals surface area contributed by atoms with Crippen molar-refractivity contribution in [3.05, 3.63) is 48.6 Å². The van der Waals surface area contributed by atoms with Crippen LogP contribution in [0, 0.1) is 11.8 Å². The van der Waals surface area contributed by atoms with Crippen molar-refractivity contribution in [2.75, 3.05) is 0 Å². The molecule has 0 aliphatic heterocycles. The predicted octanol–water partition coefficient (Wildman–Crippen LogP) is 3.58. The van der Waals surface area contributed by atoms with Crippen LogP contribution in [0.15, 0.2) is 48.6 Å². The highest BCUT2D eigenvalue weighted by molar-refractivity contribution is 5.84. The molecule has 0 aromatic carbocycles. The molecule has 0 heterocycles. The first-order valence-electron chi connectivity index (χ1n) is 9.69. The first kappa shape index (κ1) is 23.1. The van der Waals surface area contributed by atoms with E-state index in [1.54, 1.807) is 12.2 Å². The van der Waals surface area contributed by atoms with Gasteiger partial charge in [0.1, 0.15) is 5.78 Å². The minimum absolute atomic E-state index is 0.0548. The lowest BCUT2D eigenvalue weighted by Gasteiger charge is -2.16. The monoisotopic (exact) mass is 376 g/mol. The van der Waals surface area contributed by atoms with E-state index in [0.717, 1.165) is 6.42 Å². The van der Waals surface area contributed by atoms with Crippen LogP contribution in [-0.2, 0) is 9.59 Å². The Balaban J connectivity index is 2.48. The molecule has 3 N–H and O–H groups in total. The summed E-state index contributed by atoms with van der Waals surface area (Å²) in [5.74, 6) is -1.28. The molecule has 0 radical (unpaired) electrons. The Morgan fingerprint density at radius 3 is 2.63 bits per heavy atom. The summed E-state index contributed by atoms with van der Waals surface area (Å²) in [5, 5.41) is 28.7. The van der Waals surface area contributed by atoms with E-state index in [0.29, 0.717) is 25.7 Å². The number of aliphatic hydroxyl groups excluding tert-OH is 2. The van der Waals surface area contributed by atoms with Crippen molar-refractivity contribution in [3.63, 3.8) is 0 Å². The first-order chi connectivity index (χ1) is 13.0. The third kappa shape index (κ3) is 9.50. The van der Waals surface area contributed by atoms with Gasteiger partial charge >= 0.3 is 5.97 Å². The van der Waals surface area contributed by atoms with E-state index in [1.165, 1.54) is 0 Å². The van der Waals surface area contributed by atoms with Gasteiger partial charge in [0.05, 0.1) is 12.2 Å². The number of rotatable bonds is 12. The van der Waals surface area contributed by atoms with Crippen molar-refractivity contribution in [2.45, 2.75) is 64.1 Å². The number of aliphatic carboxylic acids is 1. The normalized spacial score (nSPS) is 24.9. The van der Waals surface area contributed by atoms with E-state index in [9.17, 15) is 19.8 Å². The average molecular weight is 376 g/mol. The maximum absolute atomic E-state index is 12.1. The van der Waals surface area contributed by atoms with Crippen LogP contribution in [0.5, 0.6) is 0 Å². The Hall–Kier alpha value is -1.98.